The summed E-state index contributed by atoms with van der Waals surface area (Å²) in [6.45, 7) is 1.73. The molecule has 2 aromatic heterocycles. The van der Waals surface area contributed by atoms with Crippen LogP contribution in [0.25, 0.3) is 17.1 Å². The van der Waals surface area contributed by atoms with Gasteiger partial charge in [-0.2, -0.15) is 4.98 Å². The van der Waals surface area contributed by atoms with Gasteiger partial charge in [-0.15, -0.1) is 0 Å². The fourth-order valence-electron chi connectivity index (χ4n) is 2.18. The summed E-state index contributed by atoms with van der Waals surface area (Å²) < 4.78 is 31.0. The zero-order valence-corrected chi connectivity index (χ0v) is 12.9. The predicted molar refractivity (Wildman–Crippen MR) is 81.7 cm³/mol. The molecule has 7 heteroatoms. The van der Waals surface area contributed by atoms with E-state index in [0.717, 1.165) is 0 Å². The SMILES string of the molecule is CC1C(c2nc(-c3ccccn3)no2)=CC(S(C)=O)=CC1F. The first-order chi connectivity index (χ1) is 10.6. The standard InChI is InChI=1S/C15H14FN3O2S/c1-9-11(7-10(22(2)20)8-12(9)16)15-18-14(19-21-15)13-5-3-4-6-17-13/h3-9,12H,1-2H3. The number of alkyl halides is 1. The zero-order chi connectivity index (χ0) is 15.7. The van der Waals surface area contributed by atoms with Crippen molar-refractivity contribution in [3.8, 4) is 11.5 Å². The average molecular weight is 319 g/mol. The molecule has 0 fully saturated rings. The maximum absolute atomic E-state index is 14.1. The molecule has 0 saturated carbocycles. The van der Waals surface area contributed by atoms with E-state index in [0.29, 0.717) is 22.0 Å². The minimum absolute atomic E-state index is 0.229. The van der Waals surface area contributed by atoms with E-state index < -0.39 is 22.9 Å². The van der Waals surface area contributed by atoms with Gasteiger partial charge in [0.15, 0.2) is 0 Å². The molecule has 1 aliphatic rings. The van der Waals surface area contributed by atoms with Gasteiger partial charge in [0.1, 0.15) is 11.9 Å². The Balaban J connectivity index is 1.99. The van der Waals surface area contributed by atoms with Gasteiger partial charge >= 0.3 is 0 Å². The second kappa shape index (κ2) is 5.92. The lowest BCUT2D eigenvalue weighted by Crippen LogP contribution is -2.17. The van der Waals surface area contributed by atoms with Crippen LogP contribution in [0.3, 0.4) is 0 Å². The summed E-state index contributed by atoms with van der Waals surface area (Å²) in [5, 5.41) is 3.88. The molecular formula is C15H14FN3O2S. The Labute approximate surface area is 129 Å². The summed E-state index contributed by atoms with van der Waals surface area (Å²) >= 11 is 0. The van der Waals surface area contributed by atoms with Crippen molar-refractivity contribution < 1.29 is 13.1 Å². The van der Waals surface area contributed by atoms with Crippen molar-refractivity contribution in [3.05, 3.63) is 47.3 Å². The Morgan fingerprint density at radius 2 is 2.18 bits per heavy atom. The van der Waals surface area contributed by atoms with Crippen molar-refractivity contribution >= 4 is 16.4 Å². The van der Waals surface area contributed by atoms with Crippen LogP contribution in [0.5, 0.6) is 0 Å². The smallest absolute Gasteiger partial charge is 0.254 e. The summed E-state index contributed by atoms with van der Waals surface area (Å²) in [6, 6.07) is 5.37. The summed E-state index contributed by atoms with van der Waals surface area (Å²) in [5.74, 6) is 0.129. The van der Waals surface area contributed by atoms with E-state index in [4.69, 9.17) is 4.52 Å². The molecule has 114 valence electrons. The quantitative estimate of drug-likeness (QED) is 0.870. The molecule has 22 heavy (non-hydrogen) atoms. The molecule has 3 atom stereocenters. The van der Waals surface area contributed by atoms with Crippen LogP contribution in [0, 0.1) is 5.92 Å². The van der Waals surface area contributed by atoms with E-state index in [9.17, 15) is 8.60 Å². The number of hydrogen-bond donors (Lipinski definition) is 0. The summed E-state index contributed by atoms with van der Waals surface area (Å²) in [5.41, 5.74) is 1.13. The van der Waals surface area contributed by atoms with Crippen LogP contribution in [0.1, 0.15) is 12.8 Å². The topological polar surface area (TPSA) is 68.9 Å². The first kappa shape index (κ1) is 14.8. The maximum atomic E-state index is 14.1. The van der Waals surface area contributed by atoms with E-state index in [2.05, 4.69) is 15.1 Å². The maximum Gasteiger partial charge on any atom is 0.254 e. The lowest BCUT2D eigenvalue weighted by molar-refractivity contribution is 0.330. The molecule has 2 heterocycles. The number of nitrogens with zero attached hydrogens (tertiary/aromatic N) is 3. The van der Waals surface area contributed by atoms with Gasteiger partial charge in [-0.1, -0.05) is 18.1 Å². The zero-order valence-electron chi connectivity index (χ0n) is 12.1. The minimum atomic E-state index is -1.27. The molecule has 5 nitrogen and oxygen atoms in total. The van der Waals surface area contributed by atoms with Crippen molar-refractivity contribution in [2.24, 2.45) is 5.92 Å². The van der Waals surface area contributed by atoms with Crippen LogP contribution in [-0.4, -0.2) is 31.8 Å². The van der Waals surface area contributed by atoms with Crippen LogP contribution in [0.4, 0.5) is 4.39 Å². The van der Waals surface area contributed by atoms with Crippen molar-refractivity contribution in [3.63, 3.8) is 0 Å². The van der Waals surface area contributed by atoms with E-state index in [1.165, 1.54) is 12.3 Å². The third kappa shape index (κ3) is 2.76. The van der Waals surface area contributed by atoms with Gasteiger partial charge in [0, 0.05) is 39.6 Å². The molecule has 2 aromatic rings. The van der Waals surface area contributed by atoms with E-state index in [1.54, 1.807) is 31.3 Å². The Bertz CT molecular complexity index is 770. The highest BCUT2D eigenvalue weighted by atomic mass is 32.2. The van der Waals surface area contributed by atoms with E-state index >= 15 is 0 Å². The number of pyridine rings is 1. The van der Waals surface area contributed by atoms with Gasteiger partial charge in [0.05, 0.1) is 0 Å². The second-order valence-corrected chi connectivity index (χ2v) is 6.37. The molecule has 0 radical (unpaired) electrons. The molecule has 0 spiro atoms. The monoisotopic (exact) mass is 319 g/mol. The highest BCUT2D eigenvalue weighted by Gasteiger charge is 2.29. The van der Waals surface area contributed by atoms with Crippen LogP contribution >= 0.6 is 0 Å². The fourth-order valence-corrected chi connectivity index (χ4v) is 2.80. The molecule has 0 saturated heterocycles. The number of hydrogen-bond acceptors (Lipinski definition) is 5. The lowest BCUT2D eigenvalue weighted by Gasteiger charge is -2.20. The van der Waals surface area contributed by atoms with Gasteiger partial charge in [-0.25, -0.2) is 4.39 Å². The fraction of sp³-hybridized carbons (Fsp3) is 0.267. The van der Waals surface area contributed by atoms with Gasteiger partial charge in [0.25, 0.3) is 5.89 Å². The third-order valence-electron chi connectivity index (χ3n) is 3.49. The second-order valence-electron chi connectivity index (χ2n) is 4.99. The predicted octanol–water partition coefficient (Wildman–Crippen LogP) is 2.77. The van der Waals surface area contributed by atoms with Crippen LogP contribution in [-0.2, 0) is 10.8 Å². The minimum Gasteiger partial charge on any atom is -0.334 e. The summed E-state index contributed by atoms with van der Waals surface area (Å²) in [7, 11) is -1.27. The molecule has 3 rings (SSSR count). The average Bonchev–Trinajstić information content (AvgIpc) is 3.00. The van der Waals surface area contributed by atoms with Crippen molar-refractivity contribution in [2.75, 3.05) is 6.26 Å². The molecule has 0 aliphatic heterocycles. The van der Waals surface area contributed by atoms with Crippen LogP contribution in [0.15, 0.2) is 46.0 Å². The van der Waals surface area contributed by atoms with Crippen LogP contribution in [0.2, 0.25) is 0 Å². The first-order valence-corrected chi connectivity index (χ1v) is 8.28. The molecule has 0 N–H and O–H groups in total. The number of halogens is 1. The van der Waals surface area contributed by atoms with Gasteiger partial charge in [-0.3, -0.25) is 9.19 Å². The molecular weight excluding hydrogens is 305 g/mol. The van der Waals surface area contributed by atoms with Gasteiger partial charge in [0.2, 0.25) is 5.82 Å². The van der Waals surface area contributed by atoms with Gasteiger partial charge in [-0.05, 0) is 24.3 Å². The largest absolute Gasteiger partial charge is 0.334 e. The molecule has 0 bridgehead atoms. The normalized spacial score (nSPS) is 22.9. The number of aromatic nitrogens is 3. The first-order valence-electron chi connectivity index (χ1n) is 6.72. The van der Waals surface area contributed by atoms with Crippen molar-refractivity contribution in [1.82, 2.24) is 15.1 Å². The van der Waals surface area contributed by atoms with E-state index in [1.807, 2.05) is 6.07 Å². The van der Waals surface area contributed by atoms with E-state index in [-0.39, 0.29) is 5.89 Å². The molecule has 1 aliphatic carbocycles. The lowest BCUT2D eigenvalue weighted by atomic mass is 9.91. The number of rotatable bonds is 3. The Hall–Kier alpha value is -2.15. The third-order valence-corrected chi connectivity index (χ3v) is 4.41. The van der Waals surface area contributed by atoms with Crippen LogP contribution < -0.4 is 0 Å². The van der Waals surface area contributed by atoms with Crippen molar-refractivity contribution in [2.45, 2.75) is 13.1 Å². The summed E-state index contributed by atoms with van der Waals surface area (Å²) in [4.78, 5) is 8.86. The molecule has 3 unspecified atom stereocenters. The Kier molecular flexibility index (Phi) is 3.98. The van der Waals surface area contributed by atoms with Gasteiger partial charge < -0.3 is 4.52 Å². The molecule has 0 amide bonds. The van der Waals surface area contributed by atoms with Crippen molar-refractivity contribution in [1.29, 1.82) is 0 Å². The molecule has 0 aromatic carbocycles. The highest BCUT2D eigenvalue weighted by Crippen LogP contribution is 2.34. The Morgan fingerprint density at radius 3 is 2.86 bits per heavy atom. The Morgan fingerprint density at radius 1 is 1.36 bits per heavy atom. The highest BCUT2D eigenvalue weighted by molar-refractivity contribution is 7.88. The summed E-state index contributed by atoms with van der Waals surface area (Å²) in [6.07, 6.45) is 4.94. The number of allylic oxidation sites excluding steroid dienone is 3.